The summed E-state index contributed by atoms with van der Waals surface area (Å²) in [5.41, 5.74) is -0.848. The Hall–Kier alpha value is -3.27. The molecular formula is C35H35F2O6S+. The van der Waals surface area contributed by atoms with Crippen LogP contribution in [0.15, 0.2) is 106 Å². The van der Waals surface area contributed by atoms with Crippen molar-refractivity contribution in [1.82, 2.24) is 0 Å². The second kappa shape index (κ2) is 11.3. The minimum absolute atomic E-state index is 0.0146. The third-order valence-corrected chi connectivity index (χ3v) is 11.7. The van der Waals surface area contributed by atoms with Gasteiger partial charge in [-0.15, -0.1) is 0 Å². The first-order valence-electron chi connectivity index (χ1n) is 15.2. The highest BCUT2D eigenvalue weighted by molar-refractivity contribution is 7.97. The van der Waals surface area contributed by atoms with E-state index < -0.39 is 35.7 Å². The maximum atomic E-state index is 13.3. The van der Waals surface area contributed by atoms with Crippen molar-refractivity contribution in [1.29, 1.82) is 0 Å². The van der Waals surface area contributed by atoms with E-state index in [2.05, 4.69) is 91.0 Å². The number of alkyl halides is 2. The van der Waals surface area contributed by atoms with E-state index in [0.29, 0.717) is 32.1 Å². The average molecular weight is 622 g/mol. The molecule has 4 bridgehead atoms. The summed E-state index contributed by atoms with van der Waals surface area (Å²) in [5.74, 6) is -5.88. The highest BCUT2D eigenvalue weighted by Gasteiger charge is 2.70. The van der Waals surface area contributed by atoms with Crippen LogP contribution >= 0.6 is 0 Å². The molecular weight excluding hydrogens is 586 g/mol. The SMILES string of the molecule is CC(F)(F)C(=O)OC12CC3CC(C1)C1(OC4CC(=O)OC4O1)C(C3)C2.c1ccc([S+](c2ccccc2)c2ccccc2)cc1. The Bertz CT molecular complexity index is 1370. The van der Waals surface area contributed by atoms with Gasteiger partial charge in [0.25, 0.3) is 0 Å². The lowest BCUT2D eigenvalue weighted by atomic mass is 9.51. The van der Waals surface area contributed by atoms with E-state index >= 15 is 0 Å². The Morgan fingerprint density at radius 1 is 0.818 bits per heavy atom. The standard InChI is InChI=1S/C18H15S.C17H20F2O6/c1-4-10-16(11-5-1)19(17-12-6-2-7-13-17)18-14-8-3-9-15-18;1-15(18,19)14(21)25-16-5-8-2-9(6-16)17(10(3-8)7-16)23-11-4-12(20)22-13(11)24-17/h1-15H;8-11,13H,2-7H2,1H3/q+1;. The summed E-state index contributed by atoms with van der Waals surface area (Å²) >= 11 is 0. The molecule has 4 aliphatic carbocycles. The number of carbonyl (C=O) groups excluding carboxylic acids is 2. The molecule has 6 fully saturated rings. The lowest BCUT2D eigenvalue weighted by Gasteiger charge is -2.62. The third-order valence-electron chi connectivity index (χ3n) is 9.43. The van der Waals surface area contributed by atoms with Gasteiger partial charge in [-0.3, -0.25) is 4.79 Å². The van der Waals surface area contributed by atoms with E-state index in [-0.39, 0.29) is 35.1 Å². The van der Waals surface area contributed by atoms with Gasteiger partial charge >= 0.3 is 17.9 Å². The zero-order valence-corrected chi connectivity index (χ0v) is 25.2. The molecule has 0 aromatic heterocycles. The number of ether oxygens (including phenoxy) is 4. The van der Waals surface area contributed by atoms with Crippen LogP contribution in [0.2, 0.25) is 0 Å². The lowest BCUT2D eigenvalue weighted by Crippen LogP contribution is -2.65. The fourth-order valence-corrected chi connectivity index (χ4v) is 9.99. The second-order valence-electron chi connectivity index (χ2n) is 12.6. The summed E-state index contributed by atoms with van der Waals surface area (Å²) in [6.07, 6.45) is 2.34. The van der Waals surface area contributed by atoms with E-state index in [9.17, 15) is 18.4 Å². The number of halogens is 2. The number of hydrogen-bond acceptors (Lipinski definition) is 6. The first-order chi connectivity index (χ1) is 21.1. The maximum absolute atomic E-state index is 13.3. The monoisotopic (exact) mass is 621 g/mol. The normalized spacial score (nSPS) is 33.1. The summed E-state index contributed by atoms with van der Waals surface area (Å²) in [5, 5.41) is 0. The van der Waals surface area contributed by atoms with Crippen molar-refractivity contribution < 1.29 is 37.3 Å². The number of hydrogen-bond donors (Lipinski definition) is 0. The molecule has 2 aliphatic heterocycles. The molecule has 4 atom stereocenters. The molecule has 9 rings (SSSR count). The van der Waals surface area contributed by atoms with Crippen LogP contribution in [0.5, 0.6) is 0 Å². The highest BCUT2D eigenvalue weighted by Crippen LogP contribution is 2.65. The van der Waals surface area contributed by atoms with E-state index in [1.807, 2.05) is 0 Å². The second-order valence-corrected chi connectivity index (χ2v) is 14.6. The topological polar surface area (TPSA) is 71.1 Å². The first kappa shape index (κ1) is 29.4. The van der Waals surface area contributed by atoms with Crippen LogP contribution in [-0.2, 0) is 39.4 Å². The van der Waals surface area contributed by atoms with E-state index in [1.54, 1.807) is 0 Å². The molecule has 6 aliphatic rings. The summed E-state index contributed by atoms with van der Waals surface area (Å²) in [7, 11) is -0.0146. The molecule has 4 unspecified atom stereocenters. The van der Waals surface area contributed by atoms with Crippen LogP contribution in [0.25, 0.3) is 0 Å². The maximum Gasteiger partial charge on any atom is 0.377 e. The molecule has 2 saturated heterocycles. The quantitative estimate of drug-likeness (QED) is 0.227. The van der Waals surface area contributed by atoms with Crippen molar-refractivity contribution in [3.63, 3.8) is 0 Å². The molecule has 0 N–H and O–H groups in total. The Morgan fingerprint density at radius 2 is 1.32 bits per heavy atom. The minimum atomic E-state index is -3.49. The van der Waals surface area contributed by atoms with Crippen molar-refractivity contribution in [2.75, 3.05) is 0 Å². The molecule has 230 valence electrons. The van der Waals surface area contributed by atoms with Crippen molar-refractivity contribution in [3.8, 4) is 0 Å². The van der Waals surface area contributed by atoms with Crippen LogP contribution in [-0.4, -0.2) is 41.6 Å². The summed E-state index contributed by atoms with van der Waals surface area (Å²) < 4.78 is 49.4. The Kier molecular flexibility index (Phi) is 7.54. The average Bonchev–Trinajstić information content (AvgIpc) is 3.52. The molecule has 6 nitrogen and oxygen atoms in total. The number of benzene rings is 3. The van der Waals surface area contributed by atoms with Crippen molar-refractivity contribution in [2.24, 2.45) is 17.8 Å². The van der Waals surface area contributed by atoms with Gasteiger partial charge in [0.1, 0.15) is 11.7 Å². The van der Waals surface area contributed by atoms with Gasteiger partial charge in [-0.05, 0) is 74.4 Å². The van der Waals surface area contributed by atoms with Gasteiger partial charge in [-0.1, -0.05) is 54.6 Å². The van der Waals surface area contributed by atoms with Gasteiger partial charge in [0.2, 0.25) is 6.29 Å². The third kappa shape index (κ3) is 5.43. The molecule has 0 radical (unpaired) electrons. The van der Waals surface area contributed by atoms with Crippen LogP contribution in [0.3, 0.4) is 0 Å². The first-order valence-corrected chi connectivity index (χ1v) is 16.4. The van der Waals surface area contributed by atoms with E-state index in [4.69, 9.17) is 18.9 Å². The van der Waals surface area contributed by atoms with E-state index in [0.717, 1.165) is 12.8 Å². The number of rotatable bonds is 5. The van der Waals surface area contributed by atoms with Crippen molar-refractivity contribution in [3.05, 3.63) is 91.0 Å². The van der Waals surface area contributed by atoms with Gasteiger partial charge in [-0.2, -0.15) is 8.78 Å². The molecule has 44 heavy (non-hydrogen) atoms. The predicted octanol–water partition coefficient (Wildman–Crippen LogP) is 6.93. The fraction of sp³-hybridized carbons (Fsp3) is 0.429. The van der Waals surface area contributed by atoms with Crippen LogP contribution in [0.1, 0.15) is 45.4 Å². The van der Waals surface area contributed by atoms with Crippen LogP contribution < -0.4 is 0 Å². The van der Waals surface area contributed by atoms with Crippen LogP contribution in [0.4, 0.5) is 8.78 Å². The minimum Gasteiger partial charge on any atom is -0.455 e. The fourth-order valence-electron chi connectivity index (χ4n) is 7.89. The van der Waals surface area contributed by atoms with Gasteiger partial charge in [0.15, 0.2) is 20.5 Å². The van der Waals surface area contributed by atoms with E-state index in [1.165, 1.54) is 14.7 Å². The Labute approximate surface area is 258 Å². The number of fused-ring (bicyclic) bond motifs is 1. The lowest BCUT2D eigenvalue weighted by molar-refractivity contribution is -0.335. The highest BCUT2D eigenvalue weighted by atomic mass is 32.2. The molecule has 3 aromatic carbocycles. The Balaban J connectivity index is 0.000000148. The smallest absolute Gasteiger partial charge is 0.377 e. The zero-order valence-electron chi connectivity index (χ0n) is 24.4. The number of carbonyl (C=O) groups is 2. The zero-order chi connectivity index (χ0) is 30.5. The van der Waals surface area contributed by atoms with Gasteiger partial charge in [0, 0.05) is 18.8 Å². The van der Waals surface area contributed by atoms with Crippen LogP contribution in [0, 0.1) is 17.8 Å². The van der Waals surface area contributed by atoms with Gasteiger partial charge in [0.05, 0.1) is 17.3 Å². The number of esters is 2. The van der Waals surface area contributed by atoms with Gasteiger partial charge in [-0.25, -0.2) is 4.79 Å². The Morgan fingerprint density at radius 3 is 1.77 bits per heavy atom. The molecule has 2 heterocycles. The molecule has 4 saturated carbocycles. The van der Waals surface area contributed by atoms with Crippen molar-refractivity contribution in [2.45, 2.75) is 89.8 Å². The van der Waals surface area contributed by atoms with Crippen molar-refractivity contribution >= 4 is 22.8 Å². The van der Waals surface area contributed by atoms with Gasteiger partial charge < -0.3 is 18.9 Å². The molecule has 3 aromatic rings. The predicted molar refractivity (Wildman–Crippen MR) is 158 cm³/mol. The molecule has 1 spiro atoms. The molecule has 0 amide bonds. The summed E-state index contributed by atoms with van der Waals surface area (Å²) in [6, 6.07) is 32.2. The summed E-state index contributed by atoms with van der Waals surface area (Å²) in [6.45, 7) is 0.566. The molecule has 9 heteroatoms. The largest absolute Gasteiger partial charge is 0.455 e. The summed E-state index contributed by atoms with van der Waals surface area (Å²) in [4.78, 5) is 27.2.